The summed E-state index contributed by atoms with van der Waals surface area (Å²) >= 11 is 0. The van der Waals surface area contributed by atoms with E-state index in [-0.39, 0.29) is 5.91 Å². The number of benzene rings is 1. The highest BCUT2D eigenvalue weighted by Crippen LogP contribution is 2.32. The Morgan fingerprint density at radius 1 is 1.36 bits per heavy atom. The summed E-state index contributed by atoms with van der Waals surface area (Å²) in [6.45, 7) is 8.33. The molecule has 0 saturated carbocycles. The SMILES string of the molecule is C=CCOc1cccc(/C=C2\C(=O)N(CCC)C(C)=C2C(=O)OC)c1. The van der Waals surface area contributed by atoms with Gasteiger partial charge in [-0.25, -0.2) is 4.79 Å². The molecular weight excluding hydrogens is 318 g/mol. The number of hydrogen-bond donors (Lipinski definition) is 0. The maximum Gasteiger partial charge on any atom is 0.340 e. The average Bonchev–Trinajstić information content (AvgIpc) is 2.84. The lowest BCUT2D eigenvalue weighted by Crippen LogP contribution is -2.25. The minimum Gasteiger partial charge on any atom is -0.490 e. The van der Waals surface area contributed by atoms with Crippen LogP contribution in [0.4, 0.5) is 0 Å². The molecule has 1 heterocycles. The molecule has 25 heavy (non-hydrogen) atoms. The number of esters is 1. The van der Waals surface area contributed by atoms with Crippen molar-refractivity contribution in [1.82, 2.24) is 4.90 Å². The van der Waals surface area contributed by atoms with Crippen molar-refractivity contribution in [3.8, 4) is 5.75 Å². The van der Waals surface area contributed by atoms with Gasteiger partial charge >= 0.3 is 5.97 Å². The number of hydrogen-bond acceptors (Lipinski definition) is 4. The van der Waals surface area contributed by atoms with E-state index in [1.54, 1.807) is 24.0 Å². The van der Waals surface area contributed by atoms with Gasteiger partial charge in [0.05, 0.1) is 18.3 Å². The van der Waals surface area contributed by atoms with Crippen molar-refractivity contribution in [3.63, 3.8) is 0 Å². The van der Waals surface area contributed by atoms with Crippen molar-refractivity contribution < 1.29 is 19.1 Å². The fourth-order valence-corrected chi connectivity index (χ4v) is 2.74. The van der Waals surface area contributed by atoms with Crippen molar-refractivity contribution in [1.29, 1.82) is 0 Å². The summed E-state index contributed by atoms with van der Waals surface area (Å²) in [6, 6.07) is 7.33. The van der Waals surface area contributed by atoms with Crippen LogP contribution in [-0.2, 0) is 14.3 Å². The zero-order valence-corrected chi connectivity index (χ0v) is 14.9. The number of carbonyl (C=O) groups is 2. The molecule has 132 valence electrons. The molecule has 0 atom stereocenters. The van der Waals surface area contributed by atoms with Gasteiger partial charge < -0.3 is 14.4 Å². The summed E-state index contributed by atoms with van der Waals surface area (Å²) < 4.78 is 10.4. The van der Waals surface area contributed by atoms with Gasteiger partial charge in [0.1, 0.15) is 12.4 Å². The van der Waals surface area contributed by atoms with Crippen LogP contribution in [-0.4, -0.2) is 37.0 Å². The molecule has 0 N–H and O–H groups in total. The molecule has 0 bridgehead atoms. The molecule has 1 amide bonds. The van der Waals surface area contributed by atoms with Gasteiger partial charge in [-0.1, -0.05) is 31.7 Å². The van der Waals surface area contributed by atoms with Crippen LogP contribution in [0, 0.1) is 0 Å². The lowest BCUT2D eigenvalue weighted by atomic mass is 10.0. The van der Waals surface area contributed by atoms with E-state index in [0.29, 0.717) is 35.7 Å². The Morgan fingerprint density at radius 3 is 2.76 bits per heavy atom. The summed E-state index contributed by atoms with van der Waals surface area (Å²) in [6.07, 6.45) is 4.17. The van der Waals surface area contributed by atoms with Crippen LogP contribution in [0.15, 0.2) is 53.8 Å². The number of methoxy groups -OCH3 is 1. The van der Waals surface area contributed by atoms with Crippen LogP contribution in [0.3, 0.4) is 0 Å². The number of allylic oxidation sites excluding steroid dienone is 1. The van der Waals surface area contributed by atoms with Gasteiger partial charge in [0, 0.05) is 12.2 Å². The Labute approximate surface area is 148 Å². The Hall–Kier alpha value is -2.82. The van der Waals surface area contributed by atoms with Crippen molar-refractivity contribution >= 4 is 18.0 Å². The fourth-order valence-electron chi connectivity index (χ4n) is 2.74. The first-order valence-electron chi connectivity index (χ1n) is 8.20. The van der Waals surface area contributed by atoms with Gasteiger partial charge in [0.2, 0.25) is 0 Å². The molecule has 0 aromatic heterocycles. The highest BCUT2D eigenvalue weighted by molar-refractivity contribution is 6.16. The zero-order valence-electron chi connectivity index (χ0n) is 14.9. The van der Waals surface area contributed by atoms with E-state index in [1.807, 2.05) is 31.2 Å². The van der Waals surface area contributed by atoms with Crippen LogP contribution in [0.5, 0.6) is 5.75 Å². The molecule has 0 spiro atoms. The minimum absolute atomic E-state index is 0.183. The topological polar surface area (TPSA) is 55.8 Å². The number of carbonyl (C=O) groups excluding carboxylic acids is 2. The highest BCUT2D eigenvalue weighted by Gasteiger charge is 2.36. The van der Waals surface area contributed by atoms with Crippen LogP contribution in [0.2, 0.25) is 0 Å². The van der Waals surface area contributed by atoms with E-state index in [4.69, 9.17) is 9.47 Å². The first kappa shape index (κ1) is 18.5. The molecule has 1 aliphatic rings. The molecule has 1 aromatic rings. The van der Waals surface area contributed by atoms with Crippen LogP contribution < -0.4 is 4.74 Å². The monoisotopic (exact) mass is 341 g/mol. The van der Waals surface area contributed by atoms with Gasteiger partial charge in [-0.15, -0.1) is 0 Å². The summed E-state index contributed by atoms with van der Waals surface area (Å²) in [5, 5.41) is 0. The molecule has 1 aliphatic heterocycles. The predicted octanol–water partition coefficient (Wildman–Crippen LogP) is 3.33. The first-order chi connectivity index (χ1) is 12.0. The second-order valence-corrected chi connectivity index (χ2v) is 5.64. The van der Waals surface area contributed by atoms with Crippen LogP contribution in [0.1, 0.15) is 25.8 Å². The van der Waals surface area contributed by atoms with Gasteiger partial charge in [-0.05, 0) is 37.1 Å². The normalized spacial score (nSPS) is 15.7. The largest absolute Gasteiger partial charge is 0.490 e. The molecule has 0 radical (unpaired) electrons. The smallest absolute Gasteiger partial charge is 0.340 e. The zero-order chi connectivity index (χ0) is 18.4. The highest BCUT2D eigenvalue weighted by atomic mass is 16.5. The number of nitrogens with zero attached hydrogens (tertiary/aromatic N) is 1. The summed E-state index contributed by atoms with van der Waals surface area (Å²) in [4.78, 5) is 26.6. The molecule has 0 fully saturated rings. The van der Waals surface area contributed by atoms with Crippen molar-refractivity contribution in [2.45, 2.75) is 20.3 Å². The summed E-state index contributed by atoms with van der Waals surface area (Å²) in [5.74, 6) is -0.0163. The van der Waals surface area contributed by atoms with E-state index < -0.39 is 5.97 Å². The lowest BCUT2D eigenvalue weighted by molar-refractivity contribution is -0.136. The van der Waals surface area contributed by atoms with E-state index in [9.17, 15) is 9.59 Å². The molecular formula is C20H23NO4. The Morgan fingerprint density at radius 2 is 2.12 bits per heavy atom. The van der Waals surface area contributed by atoms with E-state index in [1.165, 1.54) is 7.11 Å². The quantitative estimate of drug-likeness (QED) is 0.434. The van der Waals surface area contributed by atoms with Crippen molar-refractivity contribution in [2.75, 3.05) is 20.3 Å². The molecule has 0 saturated heterocycles. The van der Waals surface area contributed by atoms with Crippen molar-refractivity contribution in [3.05, 3.63) is 59.3 Å². The minimum atomic E-state index is -0.505. The third-order valence-electron chi connectivity index (χ3n) is 3.89. The van der Waals surface area contributed by atoms with Gasteiger partial charge in [0.25, 0.3) is 5.91 Å². The maximum atomic E-state index is 12.8. The maximum absolute atomic E-state index is 12.8. The fraction of sp³-hybridized carbons (Fsp3) is 0.300. The average molecular weight is 341 g/mol. The van der Waals surface area contributed by atoms with E-state index in [2.05, 4.69) is 6.58 Å². The molecule has 0 aliphatic carbocycles. The van der Waals surface area contributed by atoms with Gasteiger partial charge in [0.15, 0.2) is 0 Å². The standard InChI is InChI=1S/C20H23NO4/c1-5-10-21-14(3)18(20(23)24-4)17(19(21)22)13-15-8-7-9-16(12-15)25-11-6-2/h6-9,12-13H,2,5,10-11H2,1,3-4H3/b17-13-. The third-order valence-corrected chi connectivity index (χ3v) is 3.89. The number of ether oxygens (including phenoxy) is 2. The third kappa shape index (κ3) is 3.99. The van der Waals surface area contributed by atoms with Crippen molar-refractivity contribution in [2.24, 2.45) is 0 Å². The first-order valence-corrected chi connectivity index (χ1v) is 8.20. The molecule has 0 unspecified atom stereocenters. The predicted molar refractivity (Wildman–Crippen MR) is 96.8 cm³/mol. The molecule has 5 heteroatoms. The van der Waals surface area contributed by atoms with E-state index in [0.717, 1.165) is 12.0 Å². The van der Waals surface area contributed by atoms with Gasteiger partial charge in [-0.2, -0.15) is 0 Å². The Balaban J connectivity index is 2.44. The van der Waals surface area contributed by atoms with E-state index >= 15 is 0 Å². The number of rotatable bonds is 7. The molecule has 1 aromatic carbocycles. The lowest BCUT2D eigenvalue weighted by Gasteiger charge is -2.16. The second kappa shape index (κ2) is 8.33. The van der Waals surface area contributed by atoms with Crippen LogP contribution >= 0.6 is 0 Å². The Kier molecular flexibility index (Phi) is 6.17. The number of amides is 1. The summed E-state index contributed by atoms with van der Waals surface area (Å²) in [5.41, 5.74) is 2.07. The van der Waals surface area contributed by atoms with Crippen LogP contribution in [0.25, 0.3) is 6.08 Å². The van der Waals surface area contributed by atoms with Gasteiger partial charge in [-0.3, -0.25) is 4.79 Å². The second-order valence-electron chi connectivity index (χ2n) is 5.64. The summed E-state index contributed by atoms with van der Waals surface area (Å²) in [7, 11) is 1.32. The molecule has 2 rings (SSSR count). The molecule has 5 nitrogen and oxygen atoms in total. The Bertz CT molecular complexity index is 746.